The van der Waals surface area contributed by atoms with Crippen molar-refractivity contribution in [1.29, 1.82) is 0 Å². The summed E-state index contributed by atoms with van der Waals surface area (Å²) < 4.78 is 0. The van der Waals surface area contributed by atoms with Crippen LogP contribution in [0.15, 0.2) is 67.3 Å². The monoisotopic (exact) mass is 209 g/mol. The number of benzene rings is 1. The maximum absolute atomic E-state index is 4.12. The van der Waals surface area contributed by atoms with Gasteiger partial charge in [0.15, 0.2) is 0 Å². The van der Waals surface area contributed by atoms with Crippen LogP contribution in [0.4, 0.5) is 0 Å². The lowest BCUT2D eigenvalue weighted by Crippen LogP contribution is -1.78. The summed E-state index contributed by atoms with van der Waals surface area (Å²) in [7, 11) is 0. The number of rotatable bonds is 0. The van der Waals surface area contributed by atoms with Crippen LogP contribution in [-0.4, -0.2) is 15.0 Å². The molecule has 0 saturated heterocycles. The first-order chi connectivity index (χ1) is 7.97. The van der Waals surface area contributed by atoms with Crippen molar-refractivity contribution in [2.45, 2.75) is 0 Å². The third-order valence-corrected chi connectivity index (χ3v) is 1.94. The van der Waals surface area contributed by atoms with Crippen LogP contribution in [0.25, 0.3) is 11.0 Å². The Morgan fingerprint density at radius 3 is 1.50 bits per heavy atom. The number of para-hydroxylation sites is 2. The van der Waals surface area contributed by atoms with Gasteiger partial charge in [-0.3, -0.25) is 15.0 Å². The Morgan fingerprint density at radius 2 is 1.12 bits per heavy atom. The van der Waals surface area contributed by atoms with Crippen LogP contribution in [0.5, 0.6) is 0 Å². The molecule has 0 aliphatic carbocycles. The predicted octanol–water partition coefficient (Wildman–Crippen LogP) is 2.71. The molecule has 2 aromatic heterocycles. The lowest BCUT2D eigenvalue weighted by molar-refractivity contribution is 1.29. The van der Waals surface area contributed by atoms with Crippen molar-refractivity contribution in [2.75, 3.05) is 0 Å². The van der Waals surface area contributed by atoms with Crippen LogP contribution in [0.3, 0.4) is 0 Å². The summed E-state index contributed by atoms with van der Waals surface area (Å²) in [5.41, 5.74) is 1.90. The van der Waals surface area contributed by atoms with Gasteiger partial charge < -0.3 is 0 Å². The van der Waals surface area contributed by atoms with Gasteiger partial charge >= 0.3 is 0 Å². The molecule has 1 aromatic carbocycles. The fourth-order valence-electron chi connectivity index (χ4n) is 1.22. The van der Waals surface area contributed by atoms with E-state index in [1.165, 1.54) is 0 Å². The van der Waals surface area contributed by atoms with Gasteiger partial charge in [0.1, 0.15) is 0 Å². The van der Waals surface area contributed by atoms with Crippen LogP contribution in [0.1, 0.15) is 0 Å². The zero-order valence-corrected chi connectivity index (χ0v) is 8.69. The highest BCUT2D eigenvalue weighted by Crippen LogP contribution is 2.04. The van der Waals surface area contributed by atoms with Crippen molar-refractivity contribution in [3.63, 3.8) is 0 Å². The normalized spacial score (nSPS) is 9.25. The summed E-state index contributed by atoms with van der Waals surface area (Å²) >= 11 is 0. The second-order valence-electron chi connectivity index (χ2n) is 3.07. The molecule has 0 unspecified atom stereocenters. The van der Waals surface area contributed by atoms with Crippen molar-refractivity contribution < 1.29 is 0 Å². The largest absolute Gasteiger partial charge is 0.265 e. The van der Waals surface area contributed by atoms with Gasteiger partial charge in [0.2, 0.25) is 0 Å². The standard InChI is InChI=1S/C8H6N2.C5H5N/c1-2-4-8-7(3-1)9-5-6-10-8;1-2-4-6-5-3-1/h1-6H;1-5H. The SMILES string of the molecule is c1ccc2nccnc2c1.c1ccncc1. The lowest BCUT2D eigenvalue weighted by Gasteiger charge is -1.90. The fraction of sp³-hybridized carbons (Fsp3) is 0. The summed E-state index contributed by atoms with van der Waals surface area (Å²) in [6.07, 6.45) is 6.89. The average Bonchev–Trinajstić information content (AvgIpc) is 2.42. The molecule has 0 spiro atoms. The van der Waals surface area contributed by atoms with Crippen LogP contribution in [-0.2, 0) is 0 Å². The van der Waals surface area contributed by atoms with E-state index in [-0.39, 0.29) is 0 Å². The number of hydrogen-bond acceptors (Lipinski definition) is 3. The van der Waals surface area contributed by atoms with Gasteiger partial charge in [-0.25, -0.2) is 0 Å². The molecule has 3 heteroatoms. The van der Waals surface area contributed by atoms with Crippen molar-refractivity contribution in [3.8, 4) is 0 Å². The summed E-state index contributed by atoms with van der Waals surface area (Å²) in [4.78, 5) is 12.0. The maximum atomic E-state index is 4.12. The molecule has 0 fully saturated rings. The van der Waals surface area contributed by atoms with Gasteiger partial charge in [-0.05, 0) is 24.3 Å². The third-order valence-electron chi connectivity index (χ3n) is 1.94. The third kappa shape index (κ3) is 2.85. The summed E-state index contributed by atoms with van der Waals surface area (Å²) in [6, 6.07) is 13.5. The smallest absolute Gasteiger partial charge is 0.0886 e. The maximum Gasteiger partial charge on any atom is 0.0886 e. The molecule has 0 radical (unpaired) electrons. The van der Waals surface area contributed by atoms with E-state index in [9.17, 15) is 0 Å². The minimum Gasteiger partial charge on any atom is -0.265 e. The van der Waals surface area contributed by atoms with Crippen LogP contribution in [0, 0.1) is 0 Å². The Labute approximate surface area is 93.8 Å². The molecule has 0 atom stereocenters. The molecular weight excluding hydrogens is 198 g/mol. The van der Waals surface area contributed by atoms with E-state index in [1.807, 2.05) is 42.5 Å². The van der Waals surface area contributed by atoms with Gasteiger partial charge in [-0.1, -0.05) is 18.2 Å². The number of hydrogen-bond donors (Lipinski definition) is 0. The van der Waals surface area contributed by atoms with Crippen LogP contribution in [0.2, 0.25) is 0 Å². The van der Waals surface area contributed by atoms with Crippen molar-refractivity contribution in [2.24, 2.45) is 0 Å². The first-order valence-electron chi connectivity index (χ1n) is 4.97. The fourth-order valence-corrected chi connectivity index (χ4v) is 1.22. The Kier molecular flexibility index (Phi) is 3.55. The van der Waals surface area contributed by atoms with Gasteiger partial charge in [-0.2, -0.15) is 0 Å². The molecule has 0 bridgehead atoms. The molecular formula is C13H11N3. The Morgan fingerprint density at radius 1 is 0.562 bits per heavy atom. The highest BCUT2D eigenvalue weighted by molar-refractivity contribution is 5.72. The quantitative estimate of drug-likeness (QED) is 0.571. The van der Waals surface area contributed by atoms with E-state index < -0.39 is 0 Å². The van der Waals surface area contributed by atoms with Gasteiger partial charge in [0.05, 0.1) is 11.0 Å². The van der Waals surface area contributed by atoms with E-state index in [4.69, 9.17) is 0 Å². The molecule has 16 heavy (non-hydrogen) atoms. The zero-order chi connectivity index (χ0) is 11.1. The molecule has 3 aromatic rings. The first-order valence-corrected chi connectivity index (χ1v) is 4.97. The summed E-state index contributed by atoms with van der Waals surface area (Å²) in [6.45, 7) is 0. The predicted molar refractivity (Wildman–Crippen MR) is 63.8 cm³/mol. The van der Waals surface area contributed by atoms with Gasteiger partial charge in [0, 0.05) is 24.8 Å². The first kappa shape index (κ1) is 10.2. The van der Waals surface area contributed by atoms with E-state index in [1.54, 1.807) is 24.8 Å². The Balaban J connectivity index is 0.000000138. The summed E-state index contributed by atoms with van der Waals surface area (Å²) in [5.74, 6) is 0. The molecule has 3 rings (SSSR count). The van der Waals surface area contributed by atoms with E-state index in [0.717, 1.165) is 11.0 Å². The van der Waals surface area contributed by atoms with E-state index in [0.29, 0.717) is 0 Å². The summed E-state index contributed by atoms with van der Waals surface area (Å²) in [5, 5.41) is 0. The molecule has 78 valence electrons. The molecule has 0 aliphatic heterocycles. The van der Waals surface area contributed by atoms with E-state index in [2.05, 4.69) is 15.0 Å². The number of aromatic nitrogens is 3. The van der Waals surface area contributed by atoms with Crippen molar-refractivity contribution in [1.82, 2.24) is 15.0 Å². The number of fused-ring (bicyclic) bond motifs is 1. The van der Waals surface area contributed by atoms with Crippen molar-refractivity contribution >= 4 is 11.0 Å². The topological polar surface area (TPSA) is 38.7 Å². The minimum absolute atomic E-state index is 0.949. The van der Waals surface area contributed by atoms with Gasteiger partial charge in [-0.15, -0.1) is 0 Å². The molecule has 2 heterocycles. The molecule has 0 amide bonds. The molecule has 0 aliphatic rings. The Bertz CT molecular complexity index is 445. The molecule has 0 N–H and O–H groups in total. The second-order valence-corrected chi connectivity index (χ2v) is 3.07. The minimum atomic E-state index is 0.949. The Hall–Kier alpha value is -2.29. The van der Waals surface area contributed by atoms with Crippen LogP contribution >= 0.6 is 0 Å². The molecule has 0 saturated carbocycles. The van der Waals surface area contributed by atoms with E-state index >= 15 is 0 Å². The lowest BCUT2D eigenvalue weighted by atomic mass is 10.3. The van der Waals surface area contributed by atoms with Crippen molar-refractivity contribution in [3.05, 3.63) is 67.3 Å². The average molecular weight is 209 g/mol. The number of nitrogens with zero attached hydrogens (tertiary/aromatic N) is 3. The molecule has 3 nitrogen and oxygen atoms in total. The highest BCUT2D eigenvalue weighted by Gasteiger charge is 1.88. The highest BCUT2D eigenvalue weighted by atomic mass is 14.8. The second kappa shape index (κ2) is 5.56. The number of pyridine rings is 1. The zero-order valence-electron chi connectivity index (χ0n) is 8.69. The van der Waals surface area contributed by atoms with Gasteiger partial charge in [0.25, 0.3) is 0 Å². The van der Waals surface area contributed by atoms with Crippen LogP contribution < -0.4 is 0 Å².